The van der Waals surface area contributed by atoms with E-state index in [9.17, 15) is 9.18 Å². The molecule has 1 aromatic heterocycles. The Kier molecular flexibility index (Phi) is 5.11. The van der Waals surface area contributed by atoms with Gasteiger partial charge < -0.3 is 5.32 Å². The molecule has 0 saturated carbocycles. The van der Waals surface area contributed by atoms with Gasteiger partial charge in [0, 0.05) is 15.0 Å². The van der Waals surface area contributed by atoms with Gasteiger partial charge in [-0.05, 0) is 35.9 Å². The zero-order chi connectivity index (χ0) is 17.1. The molecule has 1 amide bonds. The van der Waals surface area contributed by atoms with Crippen molar-refractivity contribution in [1.82, 2.24) is 9.78 Å². The largest absolute Gasteiger partial charge is 0.307 e. The zero-order valence-electron chi connectivity index (χ0n) is 12.3. The smallest absolute Gasteiger partial charge is 0.259 e. The molecule has 0 aliphatic carbocycles. The Morgan fingerprint density at radius 2 is 1.79 bits per heavy atom. The SMILES string of the molecule is O=C(Nc1ccnn1Cc1ccc(Br)cc1)c1cc(Br)ccc1F. The van der Waals surface area contributed by atoms with E-state index in [4.69, 9.17) is 0 Å². The first-order chi connectivity index (χ1) is 11.5. The first-order valence-corrected chi connectivity index (χ1v) is 8.64. The molecule has 3 rings (SSSR count). The van der Waals surface area contributed by atoms with Crippen LogP contribution in [-0.4, -0.2) is 15.7 Å². The van der Waals surface area contributed by atoms with Crippen LogP contribution in [0.2, 0.25) is 0 Å². The van der Waals surface area contributed by atoms with Crippen molar-refractivity contribution in [1.29, 1.82) is 0 Å². The molecule has 1 heterocycles. The summed E-state index contributed by atoms with van der Waals surface area (Å²) < 4.78 is 17.1. The number of nitrogens with zero attached hydrogens (tertiary/aromatic N) is 2. The van der Waals surface area contributed by atoms with E-state index in [1.807, 2.05) is 24.3 Å². The second kappa shape index (κ2) is 7.27. The number of hydrogen-bond acceptors (Lipinski definition) is 2. The lowest BCUT2D eigenvalue weighted by Crippen LogP contribution is -2.17. The number of amides is 1. The summed E-state index contributed by atoms with van der Waals surface area (Å²) in [6, 6.07) is 13.7. The molecule has 4 nitrogen and oxygen atoms in total. The summed E-state index contributed by atoms with van der Waals surface area (Å²) in [5, 5.41) is 6.91. The van der Waals surface area contributed by atoms with Gasteiger partial charge in [-0.15, -0.1) is 0 Å². The molecule has 122 valence electrons. The summed E-state index contributed by atoms with van der Waals surface area (Å²) in [5.41, 5.74) is 1.01. The maximum absolute atomic E-state index is 13.8. The number of halogens is 3. The van der Waals surface area contributed by atoms with Crippen LogP contribution >= 0.6 is 31.9 Å². The molecular weight excluding hydrogens is 441 g/mol. The molecule has 0 aliphatic rings. The minimum atomic E-state index is -0.574. The van der Waals surface area contributed by atoms with Crippen molar-refractivity contribution < 1.29 is 9.18 Å². The summed E-state index contributed by atoms with van der Waals surface area (Å²) in [4.78, 5) is 12.3. The van der Waals surface area contributed by atoms with Crippen LogP contribution in [0, 0.1) is 5.82 Å². The van der Waals surface area contributed by atoms with Crippen LogP contribution in [0.4, 0.5) is 10.2 Å². The van der Waals surface area contributed by atoms with Crippen molar-refractivity contribution in [2.75, 3.05) is 5.32 Å². The lowest BCUT2D eigenvalue weighted by molar-refractivity contribution is 0.102. The molecule has 3 aromatic rings. The normalized spacial score (nSPS) is 10.6. The van der Waals surface area contributed by atoms with Gasteiger partial charge >= 0.3 is 0 Å². The van der Waals surface area contributed by atoms with Crippen molar-refractivity contribution in [2.24, 2.45) is 0 Å². The molecule has 0 fully saturated rings. The Balaban J connectivity index is 1.79. The van der Waals surface area contributed by atoms with Gasteiger partial charge in [0.1, 0.15) is 11.6 Å². The van der Waals surface area contributed by atoms with Gasteiger partial charge in [0.05, 0.1) is 18.3 Å². The summed E-state index contributed by atoms with van der Waals surface area (Å²) in [6.45, 7) is 0.497. The van der Waals surface area contributed by atoms with Crippen molar-refractivity contribution in [3.8, 4) is 0 Å². The third kappa shape index (κ3) is 3.91. The van der Waals surface area contributed by atoms with Crippen LogP contribution in [0.25, 0.3) is 0 Å². The molecule has 1 N–H and O–H groups in total. The predicted octanol–water partition coefficient (Wildman–Crippen LogP) is 4.85. The van der Waals surface area contributed by atoms with Crippen LogP contribution in [0.3, 0.4) is 0 Å². The number of benzene rings is 2. The molecule has 0 radical (unpaired) electrons. The van der Waals surface area contributed by atoms with Gasteiger partial charge in [0.2, 0.25) is 0 Å². The molecule has 24 heavy (non-hydrogen) atoms. The Morgan fingerprint density at radius 1 is 1.08 bits per heavy atom. The highest BCUT2D eigenvalue weighted by Gasteiger charge is 2.14. The number of aromatic nitrogens is 2. The second-order valence-corrected chi connectivity index (χ2v) is 6.91. The van der Waals surface area contributed by atoms with Gasteiger partial charge in [-0.1, -0.05) is 44.0 Å². The van der Waals surface area contributed by atoms with E-state index in [0.717, 1.165) is 10.0 Å². The van der Waals surface area contributed by atoms with Crippen LogP contribution < -0.4 is 5.32 Å². The summed E-state index contributed by atoms with van der Waals surface area (Å²) >= 11 is 6.63. The van der Waals surface area contributed by atoms with Crippen molar-refractivity contribution in [2.45, 2.75) is 6.54 Å². The van der Waals surface area contributed by atoms with Gasteiger partial charge in [0.25, 0.3) is 5.91 Å². The number of hydrogen-bond donors (Lipinski definition) is 1. The molecule has 0 saturated heterocycles. The zero-order valence-corrected chi connectivity index (χ0v) is 15.5. The number of carbonyl (C=O) groups is 1. The molecule has 0 bridgehead atoms. The Bertz CT molecular complexity index is 878. The quantitative estimate of drug-likeness (QED) is 0.615. The third-order valence-electron chi connectivity index (χ3n) is 3.38. The Morgan fingerprint density at radius 3 is 2.54 bits per heavy atom. The summed E-state index contributed by atoms with van der Waals surface area (Å²) in [7, 11) is 0. The van der Waals surface area contributed by atoms with E-state index < -0.39 is 11.7 Å². The average Bonchev–Trinajstić information content (AvgIpc) is 2.98. The van der Waals surface area contributed by atoms with E-state index in [2.05, 4.69) is 42.3 Å². The molecule has 0 aliphatic heterocycles. The minimum Gasteiger partial charge on any atom is -0.307 e. The molecule has 0 atom stereocenters. The highest BCUT2D eigenvalue weighted by molar-refractivity contribution is 9.10. The standard InChI is InChI=1S/C17H12Br2FN3O/c18-12-3-1-11(2-4-12)10-23-16(7-8-21-23)22-17(24)14-9-13(19)5-6-15(14)20/h1-9H,10H2,(H,22,24). The van der Waals surface area contributed by atoms with E-state index >= 15 is 0 Å². The number of anilines is 1. The average molecular weight is 453 g/mol. The topological polar surface area (TPSA) is 46.9 Å². The van der Waals surface area contributed by atoms with E-state index in [1.165, 1.54) is 12.1 Å². The van der Waals surface area contributed by atoms with Crippen LogP contribution in [0.5, 0.6) is 0 Å². The lowest BCUT2D eigenvalue weighted by Gasteiger charge is -2.10. The van der Waals surface area contributed by atoms with E-state index in [0.29, 0.717) is 16.8 Å². The van der Waals surface area contributed by atoms with E-state index in [1.54, 1.807) is 23.0 Å². The highest BCUT2D eigenvalue weighted by atomic mass is 79.9. The van der Waals surface area contributed by atoms with Gasteiger partial charge in [-0.3, -0.25) is 4.79 Å². The van der Waals surface area contributed by atoms with Crippen molar-refractivity contribution >= 4 is 43.6 Å². The minimum absolute atomic E-state index is 0.0271. The fourth-order valence-corrected chi connectivity index (χ4v) is 2.81. The highest BCUT2D eigenvalue weighted by Crippen LogP contribution is 2.18. The number of rotatable bonds is 4. The number of carbonyl (C=O) groups excluding carboxylic acids is 1. The number of nitrogens with one attached hydrogen (secondary N) is 1. The predicted molar refractivity (Wildman–Crippen MR) is 97.5 cm³/mol. The van der Waals surface area contributed by atoms with Crippen LogP contribution in [0.15, 0.2) is 63.7 Å². The lowest BCUT2D eigenvalue weighted by atomic mass is 10.2. The maximum atomic E-state index is 13.8. The molecule has 0 spiro atoms. The summed E-state index contributed by atoms with van der Waals surface area (Å²) in [6.07, 6.45) is 1.59. The molecular formula is C17H12Br2FN3O. The van der Waals surface area contributed by atoms with Crippen molar-refractivity contribution in [3.63, 3.8) is 0 Å². The Labute approximate surface area is 154 Å². The molecule has 2 aromatic carbocycles. The first kappa shape index (κ1) is 16.9. The first-order valence-electron chi connectivity index (χ1n) is 7.05. The van der Waals surface area contributed by atoms with Gasteiger partial charge in [0.15, 0.2) is 0 Å². The fraction of sp³-hybridized carbons (Fsp3) is 0.0588. The fourth-order valence-electron chi connectivity index (χ4n) is 2.18. The molecule has 7 heteroatoms. The second-order valence-electron chi connectivity index (χ2n) is 5.08. The van der Waals surface area contributed by atoms with E-state index in [-0.39, 0.29) is 5.56 Å². The van der Waals surface area contributed by atoms with Gasteiger partial charge in [-0.25, -0.2) is 9.07 Å². The monoisotopic (exact) mass is 451 g/mol. The maximum Gasteiger partial charge on any atom is 0.259 e. The third-order valence-corrected chi connectivity index (χ3v) is 4.40. The van der Waals surface area contributed by atoms with Crippen LogP contribution in [-0.2, 0) is 6.54 Å². The Hall–Kier alpha value is -1.99. The van der Waals surface area contributed by atoms with Crippen LogP contribution in [0.1, 0.15) is 15.9 Å². The summed E-state index contributed by atoms with van der Waals surface area (Å²) in [5.74, 6) is -0.594. The molecule has 0 unspecified atom stereocenters. The van der Waals surface area contributed by atoms with Crippen molar-refractivity contribution in [3.05, 3.63) is 80.6 Å². The van der Waals surface area contributed by atoms with Gasteiger partial charge in [-0.2, -0.15) is 5.10 Å².